The molecule has 0 atom stereocenters. The lowest BCUT2D eigenvalue weighted by molar-refractivity contribution is -0.149. The van der Waals surface area contributed by atoms with Gasteiger partial charge in [-0.2, -0.15) is 0 Å². The van der Waals surface area contributed by atoms with Crippen molar-refractivity contribution < 1.29 is 38.1 Å². The minimum Gasteiger partial charge on any atom is -0.493 e. The normalized spacial score (nSPS) is 10.0. The first-order valence-electron chi connectivity index (χ1n) is 10.7. The smallest absolute Gasteiger partial charge is 0.309 e. The monoisotopic (exact) mass is 472 g/mol. The first-order chi connectivity index (χ1) is 16.5. The summed E-state index contributed by atoms with van der Waals surface area (Å²) < 4.78 is 20.5. The summed E-state index contributed by atoms with van der Waals surface area (Å²) in [6.45, 7) is -0.333. The summed E-state index contributed by atoms with van der Waals surface area (Å²) >= 11 is 0. The van der Waals surface area contributed by atoms with Crippen LogP contribution in [-0.2, 0) is 28.7 Å². The molecule has 0 radical (unpaired) electrons. The summed E-state index contributed by atoms with van der Waals surface area (Å²) in [5, 5.41) is 4.99. The third-order valence-corrected chi connectivity index (χ3v) is 4.13. The summed E-state index contributed by atoms with van der Waals surface area (Å²) in [5.41, 5.74) is 0. The van der Waals surface area contributed by atoms with Crippen LogP contribution >= 0.6 is 0 Å². The fourth-order valence-corrected chi connectivity index (χ4v) is 2.48. The third-order valence-electron chi connectivity index (χ3n) is 4.13. The van der Waals surface area contributed by atoms with Gasteiger partial charge in [0.25, 0.3) is 11.8 Å². The molecule has 2 rings (SSSR count). The Kier molecular flexibility index (Phi) is 12.1. The molecule has 0 fully saturated rings. The molecule has 0 unspecified atom stereocenters. The number of hydrogen-bond donors (Lipinski definition) is 2. The highest BCUT2D eigenvalue weighted by Crippen LogP contribution is 2.09. The molecule has 0 bridgehead atoms. The van der Waals surface area contributed by atoms with Gasteiger partial charge in [-0.1, -0.05) is 36.4 Å². The van der Waals surface area contributed by atoms with Gasteiger partial charge in [0.05, 0.1) is 26.1 Å². The van der Waals surface area contributed by atoms with E-state index in [0.717, 1.165) is 0 Å². The van der Waals surface area contributed by atoms with Gasteiger partial charge in [-0.25, -0.2) is 0 Å². The van der Waals surface area contributed by atoms with Crippen molar-refractivity contribution in [3.8, 4) is 11.5 Å². The molecule has 2 aromatic carbocycles. The second-order valence-corrected chi connectivity index (χ2v) is 6.84. The van der Waals surface area contributed by atoms with Gasteiger partial charge in [0.2, 0.25) is 0 Å². The van der Waals surface area contributed by atoms with Crippen molar-refractivity contribution in [1.29, 1.82) is 0 Å². The summed E-state index contributed by atoms with van der Waals surface area (Å²) in [6.07, 6.45) is 0.0185. The van der Waals surface area contributed by atoms with Crippen LogP contribution < -0.4 is 20.1 Å². The number of carbonyl (C=O) groups is 4. The van der Waals surface area contributed by atoms with Crippen LogP contribution in [0.1, 0.15) is 12.8 Å². The van der Waals surface area contributed by atoms with E-state index >= 15 is 0 Å². The van der Waals surface area contributed by atoms with E-state index in [9.17, 15) is 19.2 Å². The molecule has 0 aliphatic carbocycles. The van der Waals surface area contributed by atoms with E-state index in [0.29, 0.717) is 11.5 Å². The van der Waals surface area contributed by atoms with Crippen LogP contribution in [0.2, 0.25) is 0 Å². The van der Waals surface area contributed by atoms with Gasteiger partial charge in [0, 0.05) is 13.1 Å². The summed E-state index contributed by atoms with van der Waals surface area (Å²) in [4.78, 5) is 46.7. The van der Waals surface area contributed by atoms with Gasteiger partial charge >= 0.3 is 11.9 Å². The van der Waals surface area contributed by atoms with Crippen molar-refractivity contribution in [2.75, 3.05) is 39.5 Å². The first kappa shape index (κ1) is 26.2. The minimum absolute atomic E-state index is 0.00926. The number of amides is 2. The van der Waals surface area contributed by atoms with E-state index in [1.54, 1.807) is 24.3 Å². The number of rotatable bonds is 15. The van der Waals surface area contributed by atoms with Crippen LogP contribution in [0.25, 0.3) is 0 Å². The van der Waals surface area contributed by atoms with Crippen molar-refractivity contribution in [3.63, 3.8) is 0 Å². The van der Waals surface area contributed by atoms with Gasteiger partial charge < -0.3 is 29.6 Å². The van der Waals surface area contributed by atoms with Crippen molar-refractivity contribution in [3.05, 3.63) is 60.7 Å². The molecule has 10 heteroatoms. The Morgan fingerprint density at radius 2 is 0.971 bits per heavy atom. The topological polar surface area (TPSA) is 129 Å². The highest BCUT2D eigenvalue weighted by molar-refractivity contribution is 5.81. The second-order valence-electron chi connectivity index (χ2n) is 6.84. The second kappa shape index (κ2) is 15.7. The van der Waals surface area contributed by atoms with Gasteiger partial charge in [0.15, 0.2) is 13.2 Å². The largest absolute Gasteiger partial charge is 0.493 e. The Morgan fingerprint density at radius 1 is 0.588 bits per heavy atom. The first-order valence-corrected chi connectivity index (χ1v) is 10.7. The Labute approximate surface area is 197 Å². The van der Waals surface area contributed by atoms with Gasteiger partial charge in [-0.15, -0.1) is 0 Å². The number of para-hydroxylation sites is 2. The van der Waals surface area contributed by atoms with E-state index in [4.69, 9.17) is 18.9 Å². The number of hydrogen-bond acceptors (Lipinski definition) is 8. The average Bonchev–Trinajstić information content (AvgIpc) is 2.85. The minimum atomic E-state index is -0.560. The summed E-state index contributed by atoms with van der Waals surface area (Å²) in [6, 6.07) is 18.0. The molecule has 2 amide bonds. The molecule has 10 nitrogen and oxygen atoms in total. The summed E-state index contributed by atoms with van der Waals surface area (Å²) in [5.74, 6) is -0.845. The zero-order valence-electron chi connectivity index (χ0n) is 18.7. The molecule has 0 saturated carbocycles. The Bertz CT molecular complexity index is 830. The van der Waals surface area contributed by atoms with E-state index in [1.807, 2.05) is 36.4 Å². The molecule has 0 aliphatic rings. The molecule has 0 saturated heterocycles. The maximum absolute atomic E-state index is 11.7. The molecular formula is C24H28N2O8. The molecule has 2 aromatic rings. The van der Waals surface area contributed by atoms with Crippen molar-refractivity contribution in [1.82, 2.24) is 10.6 Å². The number of esters is 2. The Balaban J connectivity index is 1.43. The van der Waals surface area contributed by atoms with Crippen molar-refractivity contribution in [2.45, 2.75) is 12.8 Å². The van der Waals surface area contributed by atoms with Gasteiger partial charge in [0.1, 0.15) is 11.5 Å². The Hall–Kier alpha value is -4.08. The highest BCUT2D eigenvalue weighted by atomic mass is 16.5. The molecule has 34 heavy (non-hydrogen) atoms. The van der Waals surface area contributed by atoms with Gasteiger partial charge in [-0.3, -0.25) is 19.2 Å². The molecule has 0 aromatic heterocycles. The average molecular weight is 472 g/mol. The van der Waals surface area contributed by atoms with Crippen LogP contribution in [0.5, 0.6) is 11.5 Å². The van der Waals surface area contributed by atoms with E-state index in [2.05, 4.69) is 10.6 Å². The van der Waals surface area contributed by atoms with Crippen molar-refractivity contribution >= 4 is 23.8 Å². The molecule has 0 heterocycles. The molecule has 2 N–H and O–H groups in total. The quantitative estimate of drug-likeness (QED) is 0.293. The lowest BCUT2D eigenvalue weighted by Crippen LogP contribution is -2.38. The zero-order chi connectivity index (χ0) is 24.4. The van der Waals surface area contributed by atoms with Crippen LogP contribution in [0.15, 0.2) is 60.7 Å². The fourth-order valence-electron chi connectivity index (χ4n) is 2.48. The number of carbonyl (C=O) groups excluding carboxylic acids is 4. The SMILES string of the molecule is O=C(COC(=O)CCOc1ccccc1)NCCNC(=O)COC(=O)CCOc1ccccc1. The van der Waals surface area contributed by atoms with E-state index in [1.165, 1.54) is 0 Å². The van der Waals surface area contributed by atoms with Crippen LogP contribution in [0.4, 0.5) is 0 Å². The molecule has 182 valence electrons. The highest BCUT2D eigenvalue weighted by Gasteiger charge is 2.09. The number of benzene rings is 2. The van der Waals surface area contributed by atoms with Crippen molar-refractivity contribution in [2.24, 2.45) is 0 Å². The lowest BCUT2D eigenvalue weighted by atomic mass is 10.3. The summed E-state index contributed by atoms with van der Waals surface area (Å²) in [7, 11) is 0. The lowest BCUT2D eigenvalue weighted by Gasteiger charge is -2.09. The molecular weight excluding hydrogens is 444 g/mol. The number of ether oxygens (including phenoxy) is 4. The Morgan fingerprint density at radius 3 is 1.35 bits per heavy atom. The van der Waals surface area contributed by atoms with Crippen LogP contribution in [-0.4, -0.2) is 63.3 Å². The molecule has 0 aliphatic heterocycles. The van der Waals surface area contributed by atoms with E-state index < -0.39 is 37.0 Å². The molecule has 0 spiro atoms. The predicted molar refractivity (Wildman–Crippen MR) is 121 cm³/mol. The number of nitrogens with one attached hydrogen (secondary N) is 2. The fraction of sp³-hybridized carbons (Fsp3) is 0.333. The zero-order valence-corrected chi connectivity index (χ0v) is 18.7. The standard InChI is InChI=1S/C24H28N2O8/c27-21(17-33-23(29)11-15-31-19-7-3-1-4-8-19)25-13-14-26-22(28)18-34-24(30)12-16-32-20-9-5-2-6-10-20/h1-10H,11-18H2,(H,25,27)(H,26,28). The maximum atomic E-state index is 11.7. The van der Waals surface area contributed by atoms with Gasteiger partial charge in [-0.05, 0) is 24.3 Å². The van der Waals surface area contributed by atoms with Crippen LogP contribution in [0.3, 0.4) is 0 Å². The maximum Gasteiger partial charge on any atom is 0.309 e. The predicted octanol–water partition coefficient (Wildman–Crippen LogP) is 1.24. The third kappa shape index (κ3) is 12.1. The van der Waals surface area contributed by atoms with Crippen LogP contribution in [0, 0.1) is 0 Å². The van der Waals surface area contributed by atoms with E-state index in [-0.39, 0.29) is 39.1 Å².